The Labute approximate surface area is 141 Å². The van der Waals surface area contributed by atoms with Crippen LogP contribution >= 0.6 is 0 Å². The van der Waals surface area contributed by atoms with Crippen LogP contribution in [0.3, 0.4) is 0 Å². The van der Waals surface area contributed by atoms with Gasteiger partial charge in [-0.1, -0.05) is 12.1 Å². The molecule has 1 N–H and O–H groups in total. The Morgan fingerprint density at radius 1 is 1.25 bits per heavy atom. The normalized spacial score (nSPS) is 14.9. The van der Waals surface area contributed by atoms with E-state index in [9.17, 15) is 14.0 Å². The van der Waals surface area contributed by atoms with Gasteiger partial charge >= 0.3 is 0 Å². The highest BCUT2D eigenvalue weighted by Crippen LogP contribution is 2.17. The number of hydrogen-bond acceptors (Lipinski definition) is 3. The van der Waals surface area contributed by atoms with Crippen LogP contribution in [-0.2, 0) is 16.0 Å². The maximum atomic E-state index is 12.8. The maximum Gasteiger partial charge on any atom is 0.236 e. The van der Waals surface area contributed by atoms with Crippen LogP contribution in [-0.4, -0.2) is 36.3 Å². The van der Waals surface area contributed by atoms with Crippen LogP contribution in [0.2, 0.25) is 0 Å². The average Bonchev–Trinajstić information content (AvgIpc) is 2.60. The molecule has 1 aromatic rings. The minimum absolute atomic E-state index is 0.0117. The summed E-state index contributed by atoms with van der Waals surface area (Å²) in [5.74, 6) is -0.0321. The first-order valence-electron chi connectivity index (χ1n) is 8.24. The lowest BCUT2D eigenvalue weighted by molar-refractivity contribution is -0.131. The second kappa shape index (κ2) is 9.02. The number of carbonyl (C=O) groups is 2. The molecule has 0 atom stereocenters. The van der Waals surface area contributed by atoms with Crippen molar-refractivity contribution in [1.82, 2.24) is 10.2 Å². The molecule has 0 spiro atoms. The Morgan fingerprint density at radius 2 is 1.92 bits per heavy atom. The minimum atomic E-state index is -0.275. The fourth-order valence-electron chi connectivity index (χ4n) is 2.82. The molecule has 2 rings (SSSR count). The topological polar surface area (TPSA) is 73.2 Å². The molecule has 1 saturated heterocycles. The van der Waals surface area contributed by atoms with Gasteiger partial charge in [-0.25, -0.2) is 4.39 Å². The molecule has 1 fully saturated rings. The first-order valence-corrected chi connectivity index (χ1v) is 8.24. The van der Waals surface area contributed by atoms with Crippen molar-refractivity contribution >= 4 is 11.8 Å². The van der Waals surface area contributed by atoms with Gasteiger partial charge in [0.05, 0.1) is 6.07 Å². The Kier molecular flexibility index (Phi) is 6.74. The summed E-state index contributed by atoms with van der Waals surface area (Å²) in [5, 5.41) is 11.5. The predicted molar refractivity (Wildman–Crippen MR) is 87.3 cm³/mol. The first kappa shape index (κ1) is 17.9. The zero-order valence-corrected chi connectivity index (χ0v) is 13.6. The van der Waals surface area contributed by atoms with Crippen molar-refractivity contribution < 1.29 is 14.0 Å². The molecule has 0 radical (unpaired) electrons. The fraction of sp³-hybridized carbons (Fsp3) is 0.500. The lowest BCUT2D eigenvalue weighted by atomic mass is 9.96. The van der Waals surface area contributed by atoms with E-state index in [1.54, 1.807) is 17.0 Å². The van der Waals surface area contributed by atoms with Crippen molar-refractivity contribution in [1.29, 1.82) is 5.26 Å². The molecule has 6 heteroatoms. The summed E-state index contributed by atoms with van der Waals surface area (Å²) in [5.41, 5.74) is 0.941. The summed E-state index contributed by atoms with van der Waals surface area (Å²) >= 11 is 0. The molecule has 128 valence electrons. The van der Waals surface area contributed by atoms with Crippen LogP contribution in [0, 0.1) is 23.1 Å². The van der Waals surface area contributed by atoms with Crippen LogP contribution in [0.15, 0.2) is 24.3 Å². The van der Waals surface area contributed by atoms with Gasteiger partial charge in [-0.05, 0) is 42.9 Å². The van der Waals surface area contributed by atoms with Crippen LogP contribution in [0.25, 0.3) is 0 Å². The Balaban J connectivity index is 1.63. The van der Waals surface area contributed by atoms with Crippen molar-refractivity contribution in [3.05, 3.63) is 35.6 Å². The van der Waals surface area contributed by atoms with E-state index < -0.39 is 0 Å². The van der Waals surface area contributed by atoms with Crippen molar-refractivity contribution in [2.24, 2.45) is 5.92 Å². The molecular formula is C18H22FN3O2. The second-order valence-electron chi connectivity index (χ2n) is 6.09. The third-order valence-corrected chi connectivity index (χ3v) is 4.34. The van der Waals surface area contributed by atoms with Gasteiger partial charge in [-0.3, -0.25) is 9.59 Å². The molecule has 0 unspecified atom stereocenters. The number of piperidine rings is 1. The second-order valence-corrected chi connectivity index (χ2v) is 6.09. The fourth-order valence-corrected chi connectivity index (χ4v) is 2.82. The molecule has 1 heterocycles. The van der Waals surface area contributed by atoms with E-state index in [1.807, 2.05) is 6.07 Å². The highest BCUT2D eigenvalue weighted by molar-refractivity contribution is 5.78. The van der Waals surface area contributed by atoms with Gasteiger partial charge in [0, 0.05) is 26.1 Å². The van der Waals surface area contributed by atoms with Crippen LogP contribution in [0.4, 0.5) is 4.39 Å². The monoisotopic (exact) mass is 331 g/mol. The van der Waals surface area contributed by atoms with Gasteiger partial charge in [-0.15, -0.1) is 0 Å². The minimum Gasteiger partial charge on any atom is -0.356 e. The molecule has 1 aliphatic rings. The quantitative estimate of drug-likeness (QED) is 0.867. The molecule has 2 amide bonds. The smallest absolute Gasteiger partial charge is 0.236 e. The molecule has 0 aliphatic carbocycles. The van der Waals surface area contributed by atoms with E-state index in [-0.39, 0.29) is 24.1 Å². The lowest BCUT2D eigenvalue weighted by Gasteiger charge is -2.31. The summed E-state index contributed by atoms with van der Waals surface area (Å²) in [6, 6.07) is 8.05. The van der Waals surface area contributed by atoms with Crippen LogP contribution in [0.1, 0.15) is 31.2 Å². The van der Waals surface area contributed by atoms with Crippen molar-refractivity contribution in [3.8, 4) is 6.07 Å². The average molecular weight is 331 g/mol. The van der Waals surface area contributed by atoms with Crippen molar-refractivity contribution in [3.63, 3.8) is 0 Å². The van der Waals surface area contributed by atoms with Crippen LogP contribution in [0.5, 0.6) is 0 Å². The largest absolute Gasteiger partial charge is 0.356 e. The first-order chi connectivity index (χ1) is 11.6. The summed E-state index contributed by atoms with van der Waals surface area (Å²) in [6.45, 7) is 1.91. The Morgan fingerprint density at radius 3 is 2.54 bits per heavy atom. The van der Waals surface area contributed by atoms with E-state index in [4.69, 9.17) is 5.26 Å². The van der Waals surface area contributed by atoms with Crippen molar-refractivity contribution in [2.45, 2.75) is 32.1 Å². The zero-order valence-electron chi connectivity index (χ0n) is 13.6. The summed E-state index contributed by atoms with van der Waals surface area (Å²) in [6.07, 6.45) is 2.59. The number of rotatable bonds is 6. The third-order valence-electron chi connectivity index (χ3n) is 4.34. The lowest BCUT2D eigenvalue weighted by Crippen LogP contribution is -2.41. The predicted octanol–water partition coefficient (Wildman–Crippen LogP) is 2.03. The van der Waals surface area contributed by atoms with Crippen molar-refractivity contribution in [2.75, 3.05) is 19.6 Å². The molecule has 24 heavy (non-hydrogen) atoms. The van der Waals surface area contributed by atoms with Gasteiger partial charge in [-0.2, -0.15) is 5.26 Å². The van der Waals surface area contributed by atoms with E-state index >= 15 is 0 Å². The number of nitrogens with zero attached hydrogens (tertiary/aromatic N) is 2. The van der Waals surface area contributed by atoms with E-state index in [2.05, 4.69) is 5.32 Å². The van der Waals surface area contributed by atoms with E-state index in [1.165, 1.54) is 12.1 Å². The highest BCUT2D eigenvalue weighted by Gasteiger charge is 2.22. The van der Waals surface area contributed by atoms with Gasteiger partial charge in [0.2, 0.25) is 11.8 Å². The number of hydrogen-bond donors (Lipinski definition) is 1. The number of likely N-dealkylation sites (tertiary alicyclic amines) is 1. The molecule has 0 aromatic heterocycles. The van der Waals surface area contributed by atoms with Gasteiger partial charge in [0.15, 0.2) is 0 Å². The molecule has 0 saturated carbocycles. The molecule has 5 nitrogen and oxygen atoms in total. The number of nitriles is 1. The summed E-state index contributed by atoms with van der Waals surface area (Å²) < 4.78 is 12.8. The zero-order chi connectivity index (χ0) is 17.4. The number of amides is 2. The highest BCUT2D eigenvalue weighted by atomic mass is 19.1. The van der Waals surface area contributed by atoms with Gasteiger partial charge in [0.1, 0.15) is 12.2 Å². The summed E-state index contributed by atoms with van der Waals surface area (Å²) in [7, 11) is 0. The SMILES string of the molecule is N#CCC(=O)N1CCC(CNC(=O)CCc2ccc(F)cc2)CC1. The molecular weight excluding hydrogens is 309 g/mol. The van der Waals surface area contributed by atoms with Gasteiger partial charge in [0.25, 0.3) is 0 Å². The maximum absolute atomic E-state index is 12.8. The number of nitrogens with one attached hydrogen (secondary N) is 1. The standard InChI is InChI=1S/C18H22FN3O2/c19-16-4-1-14(2-5-16)3-6-17(23)21-13-15-8-11-22(12-9-15)18(24)7-10-20/h1-2,4-5,15H,3,6-9,11-13H2,(H,21,23). The van der Waals surface area contributed by atoms with Crippen LogP contribution < -0.4 is 5.32 Å². The number of aryl methyl sites for hydroxylation is 1. The Hall–Kier alpha value is -2.42. The van der Waals surface area contributed by atoms with E-state index in [0.717, 1.165) is 18.4 Å². The Bertz CT molecular complexity index is 602. The van der Waals surface area contributed by atoms with E-state index in [0.29, 0.717) is 38.4 Å². The number of carbonyl (C=O) groups excluding carboxylic acids is 2. The third kappa shape index (κ3) is 5.65. The molecule has 1 aromatic carbocycles. The van der Waals surface area contributed by atoms with Gasteiger partial charge < -0.3 is 10.2 Å². The number of benzene rings is 1. The number of halogens is 1. The molecule has 1 aliphatic heterocycles. The summed E-state index contributed by atoms with van der Waals surface area (Å²) in [4.78, 5) is 25.2. The molecule has 0 bridgehead atoms.